The molecule has 4 rings (SSSR count). The van der Waals surface area contributed by atoms with Crippen LogP contribution in [0.5, 0.6) is 0 Å². The highest BCUT2D eigenvalue weighted by Gasteiger charge is 2.32. The number of aryl methyl sites for hydroxylation is 2. The molecule has 0 spiro atoms. The lowest BCUT2D eigenvalue weighted by Crippen LogP contribution is -2.36. The van der Waals surface area contributed by atoms with Gasteiger partial charge in [-0.2, -0.15) is 8.61 Å². The fourth-order valence-electron chi connectivity index (χ4n) is 4.30. The fourth-order valence-corrected chi connectivity index (χ4v) is 7.53. The average molecular weight is 484 g/mol. The highest BCUT2D eigenvalue weighted by Crippen LogP contribution is 2.26. The normalized spacial score (nSPS) is 19.8. The van der Waals surface area contributed by atoms with Crippen molar-refractivity contribution in [1.82, 2.24) is 18.8 Å². The molecule has 12 heteroatoms. The minimum Gasteiger partial charge on any atom is -0.360 e. The average Bonchev–Trinajstić information content (AvgIpc) is 2.98. The van der Waals surface area contributed by atoms with Gasteiger partial charge in [0.1, 0.15) is 21.3 Å². The second-order valence-corrected chi connectivity index (χ2v) is 12.0. The van der Waals surface area contributed by atoms with Crippen molar-refractivity contribution in [3.63, 3.8) is 0 Å². The highest BCUT2D eigenvalue weighted by molar-refractivity contribution is 7.89. The van der Waals surface area contributed by atoms with Gasteiger partial charge in [0.25, 0.3) is 0 Å². The Morgan fingerprint density at radius 3 is 2.12 bits per heavy atom. The van der Waals surface area contributed by atoms with Crippen molar-refractivity contribution < 1.29 is 21.4 Å². The molecule has 2 saturated heterocycles. The molecule has 0 aromatic carbocycles. The number of sulfonamides is 2. The SMILES string of the molecule is Cc1noc(C)c1S(=O)(=O)N1CCCN(c2ccc(S(=O)(=O)N3CCCCC3)cn2)CC1. The van der Waals surface area contributed by atoms with Crippen molar-refractivity contribution in [1.29, 1.82) is 0 Å². The third-order valence-electron chi connectivity index (χ3n) is 6.02. The maximum atomic E-state index is 13.1. The zero-order valence-electron chi connectivity index (χ0n) is 18.4. The minimum atomic E-state index is -3.70. The first kappa shape index (κ1) is 23.1. The fraction of sp³-hybridized carbons (Fsp3) is 0.600. The largest absolute Gasteiger partial charge is 0.360 e. The third-order valence-corrected chi connectivity index (χ3v) is 10.0. The monoisotopic (exact) mass is 483 g/mol. The van der Waals surface area contributed by atoms with Crippen LogP contribution >= 0.6 is 0 Å². The first-order chi connectivity index (χ1) is 15.2. The standard InChI is InChI=1S/C20H29N5O5S2/c1-16-20(17(2)30-22-16)32(28,29)25-12-6-9-23(13-14-25)19-8-7-18(15-21-19)31(26,27)24-10-4-3-5-11-24/h7-8,15H,3-6,9-14H2,1-2H3. The second kappa shape index (κ2) is 9.08. The van der Waals surface area contributed by atoms with E-state index in [2.05, 4.69) is 10.1 Å². The molecule has 0 radical (unpaired) electrons. The Hall–Kier alpha value is -2.02. The van der Waals surface area contributed by atoms with Crippen molar-refractivity contribution in [3.8, 4) is 0 Å². The van der Waals surface area contributed by atoms with Gasteiger partial charge in [0, 0.05) is 45.5 Å². The van der Waals surface area contributed by atoms with Crippen LogP contribution in [0.4, 0.5) is 5.82 Å². The highest BCUT2D eigenvalue weighted by atomic mass is 32.2. The summed E-state index contributed by atoms with van der Waals surface area (Å²) in [6, 6.07) is 3.30. The predicted molar refractivity (Wildman–Crippen MR) is 118 cm³/mol. The molecule has 0 amide bonds. The van der Waals surface area contributed by atoms with Crippen molar-refractivity contribution in [2.45, 2.75) is 49.3 Å². The van der Waals surface area contributed by atoms with Crippen molar-refractivity contribution >= 4 is 25.9 Å². The van der Waals surface area contributed by atoms with Crippen LogP contribution in [0, 0.1) is 13.8 Å². The molecular weight excluding hydrogens is 454 g/mol. The van der Waals surface area contributed by atoms with E-state index in [1.165, 1.54) is 14.8 Å². The van der Waals surface area contributed by atoms with Crippen molar-refractivity contribution in [2.75, 3.05) is 44.2 Å². The topological polar surface area (TPSA) is 117 Å². The van der Waals surface area contributed by atoms with E-state index in [1.807, 2.05) is 4.90 Å². The van der Waals surface area contributed by atoms with Crippen LogP contribution < -0.4 is 4.90 Å². The summed E-state index contributed by atoms with van der Waals surface area (Å²) in [5, 5.41) is 3.77. The smallest absolute Gasteiger partial charge is 0.248 e. The van der Waals surface area contributed by atoms with Crippen LogP contribution in [-0.2, 0) is 20.0 Å². The van der Waals surface area contributed by atoms with Gasteiger partial charge in [-0.3, -0.25) is 0 Å². The molecule has 0 aliphatic carbocycles. The lowest BCUT2D eigenvalue weighted by Gasteiger charge is -2.26. The van der Waals surface area contributed by atoms with Gasteiger partial charge in [-0.1, -0.05) is 11.6 Å². The minimum absolute atomic E-state index is 0.136. The van der Waals surface area contributed by atoms with Gasteiger partial charge in [-0.25, -0.2) is 21.8 Å². The molecule has 2 aromatic heterocycles. The first-order valence-electron chi connectivity index (χ1n) is 10.9. The van der Waals surface area contributed by atoms with E-state index in [4.69, 9.17) is 4.52 Å². The number of nitrogens with zero attached hydrogens (tertiary/aromatic N) is 5. The van der Waals surface area contributed by atoms with Gasteiger partial charge in [-0.15, -0.1) is 0 Å². The third kappa shape index (κ3) is 4.41. The molecule has 0 atom stereocenters. The van der Waals surface area contributed by atoms with E-state index in [9.17, 15) is 16.8 Å². The van der Waals surface area contributed by atoms with Gasteiger partial charge >= 0.3 is 0 Å². The molecular formula is C20H29N5O5S2. The molecule has 32 heavy (non-hydrogen) atoms. The second-order valence-electron chi connectivity index (χ2n) is 8.21. The van der Waals surface area contributed by atoms with Gasteiger partial charge in [-0.05, 0) is 45.2 Å². The van der Waals surface area contributed by atoms with Crippen LogP contribution in [0.2, 0.25) is 0 Å². The van der Waals surface area contributed by atoms with Crippen LogP contribution in [-0.4, -0.2) is 74.9 Å². The van der Waals surface area contributed by atoms with E-state index in [1.54, 1.807) is 26.0 Å². The Morgan fingerprint density at radius 1 is 0.812 bits per heavy atom. The van der Waals surface area contributed by atoms with Crippen LogP contribution in [0.15, 0.2) is 32.6 Å². The Labute approximate surface area is 189 Å². The summed E-state index contributed by atoms with van der Waals surface area (Å²) in [5.74, 6) is 0.926. The Balaban J connectivity index is 1.47. The Bertz CT molecular complexity index is 1140. The number of hydrogen-bond donors (Lipinski definition) is 0. The molecule has 0 unspecified atom stereocenters. The lowest BCUT2D eigenvalue weighted by atomic mass is 10.2. The summed E-state index contributed by atoms with van der Waals surface area (Å²) in [6.07, 6.45) is 4.85. The summed E-state index contributed by atoms with van der Waals surface area (Å²) >= 11 is 0. The zero-order chi connectivity index (χ0) is 22.9. The number of piperidine rings is 1. The molecule has 0 N–H and O–H groups in total. The van der Waals surface area contributed by atoms with Crippen molar-refractivity contribution in [2.24, 2.45) is 0 Å². The zero-order valence-corrected chi connectivity index (χ0v) is 20.0. The molecule has 0 saturated carbocycles. The van der Waals surface area contributed by atoms with Crippen LogP contribution in [0.3, 0.4) is 0 Å². The maximum absolute atomic E-state index is 13.1. The number of rotatable bonds is 5. The van der Waals surface area contributed by atoms with E-state index in [0.717, 1.165) is 19.3 Å². The Morgan fingerprint density at radius 2 is 1.50 bits per heavy atom. The van der Waals surface area contributed by atoms with E-state index in [-0.39, 0.29) is 15.6 Å². The molecule has 4 heterocycles. The molecule has 0 bridgehead atoms. The summed E-state index contributed by atoms with van der Waals surface area (Å²) in [7, 11) is -7.23. The van der Waals surface area contributed by atoms with Crippen molar-refractivity contribution in [3.05, 3.63) is 29.8 Å². The number of anilines is 1. The molecule has 2 aromatic rings. The van der Waals surface area contributed by atoms with E-state index >= 15 is 0 Å². The summed E-state index contributed by atoms with van der Waals surface area (Å²) in [4.78, 5) is 6.71. The van der Waals surface area contributed by atoms with E-state index < -0.39 is 20.0 Å². The van der Waals surface area contributed by atoms with Gasteiger partial charge in [0.15, 0.2) is 5.76 Å². The van der Waals surface area contributed by atoms with Crippen LogP contribution in [0.1, 0.15) is 37.1 Å². The molecule has 2 fully saturated rings. The van der Waals surface area contributed by atoms with Gasteiger partial charge in [0.05, 0.1) is 0 Å². The quantitative estimate of drug-likeness (QED) is 0.632. The van der Waals surface area contributed by atoms with Gasteiger partial charge < -0.3 is 9.42 Å². The predicted octanol–water partition coefficient (Wildman–Crippen LogP) is 1.76. The van der Waals surface area contributed by atoms with E-state index in [0.29, 0.717) is 57.2 Å². The maximum Gasteiger partial charge on any atom is 0.248 e. The first-order valence-corrected chi connectivity index (χ1v) is 13.7. The molecule has 2 aliphatic heterocycles. The lowest BCUT2D eigenvalue weighted by molar-refractivity contribution is 0.346. The summed E-state index contributed by atoms with van der Waals surface area (Å²) < 4.78 is 59.9. The molecule has 10 nitrogen and oxygen atoms in total. The summed E-state index contributed by atoms with van der Waals surface area (Å²) in [6.45, 7) is 6.06. The molecule has 2 aliphatic rings. The Kier molecular flexibility index (Phi) is 6.57. The van der Waals surface area contributed by atoms with Gasteiger partial charge in [0.2, 0.25) is 20.0 Å². The number of aromatic nitrogens is 2. The summed E-state index contributed by atoms with van der Waals surface area (Å²) in [5.41, 5.74) is 0.357. The number of hydrogen-bond acceptors (Lipinski definition) is 8. The molecule has 176 valence electrons. The van der Waals surface area contributed by atoms with Crippen LogP contribution in [0.25, 0.3) is 0 Å². The number of pyridine rings is 1.